The third-order valence-electron chi connectivity index (χ3n) is 5.60. The molecule has 13 heteroatoms. The zero-order valence-electron chi connectivity index (χ0n) is 20.1. The van der Waals surface area contributed by atoms with Crippen LogP contribution in [0.2, 0.25) is 0 Å². The van der Waals surface area contributed by atoms with Crippen molar-refractivity contribution < 1.29 is 34.5 Å². The van der Waals surface area contributed by atoms with Crippen molar-refractivity contribution in [3.05, 3.63) is 36.0 Å². The molecule has 5 unspecified atom stereocenters. The van der Waals surface area contributed by atoms with Crippen molar-refractivity contribution in [3.63, 3.8) is 0 Å². The highest BCUT2D eigenvalue weighted by Crippen LogP contribution is 2.19. The molecular formula is C23H33N5O7S. The van der Waals surface area contributed by atoms with Crippen molar-refractivity contribution >= 4 is 46.4 Å². The van der Waals surface area contributed by atoms with Gasteiger partial charge < -0.3 is 42.0 Å². The molecule has 9 N–H and O–H groups in total. The zero-order chi connectivity index (χ0) is 26.8. The Labute approximate surface area is 212 Å². The van der Waals surface area contributed by atoms with Crippen LogP contribution in [0.5, 0.6) is 0 Å². The first-order valence-corrected chi connectivity index (χ1v) is 12.7. The maximum Gasteiger partial charge on any atom is 0.328 e. The predicted octanol–water partition coefficient (Wildman–Crippen LogP) is -1.30. The Balaban J connectivity index is 2.29. The average Bonchev–Trinajstić information content (AvgIpc) is 3.26. The normalized spacial score (nSPS) is 15.4. The molecule has 3 amide bonds. The second-order valence-corrected chi connectivity index (χ2v) is 9.30. The lowest BCUT2D eigenvalue weighted by Crippen LogP contribution is -2.58. The fourth-order valence-electron chi connectivity index (χ4n) is 3.45. The van der Waals surface area contributed by atoms with Crippen LogP contribution in [0.15, 0.2) is 30.5 Å². The molecule has 0 saturated carbocycles. The van der Waals surface area contributed by atoms with E-state index < -0.39 is 60.6 Å². The minimum atomic E-state index is -1.56. The summed E-state index contributed by atoms with van der Waals surface area (Å²) in [6.45, 7) is 0.515. The summed E-state index contributed by atoms with van der Waals surface area (Å²) in [6, 6.07) is 2.26. The van der Waals surface area contributed by atoms with Gasteiger partial charge in [-0.25, -0.2) is 4.79 Å². The van der Waals surface area contributed by atoms with Crippen molar-refractivity contribution in [2.24, 2.45) is 5.73 Å². The second kappa shape index (κ2) is 13.8. The summed E-state index contributed by atoms with van der Waals surface area (Å²) < 4.78 is 0. The first-order valence-electron chi connectivity index (χ1n) is 11.3. The number of benzene rings is 1. The number of carbonyl (C=O) groups excluding carboxylic acids is 3. The van der Waals surface area contributed by atoms with Crippen LogP contribution < -0.4 is 21.7 Å². The number of aromatic nitrogens is 1. The van der Waals surface area contributed by atoms with E-state index >= 15 is 0 Å². The van der Waals surface area contributed by atoms with Crippen LogP contribution in [0.3, 0.4) is 0 Å². The van der Waals surface area contributed by atoms with Gasteiger partial charge in [-0.15, -0.1) is 0 Å². The van der Waals surface area contributed by atoms with Gasteiger partial charge in [0.05, 0.1) is 12.7 Å². The number of carboxylic acids is 1. The molecule has 0 radical (unpaired) electrons. The van der Waals surface area contributed by atoms with Crippen molar-refractivity contribution in [2.45, 2.75) is 50.0 Å². The summed E-state index contributed by atoms with van der Waals surface area (Å²) >= 11 is 1.45. The van der Waals surface area contributed by atoms with Crippen LogP contribution in [-0.4, -0.2) is 92.9 Å². The average molecular weight is 524 g/mol. The fourth-order valence-corrected chi connectivity index (χ4v) is 3.92. The molecule has 1 aromatic carbocycles. The molecule has 0 fully saturated rings. The van der Waals surface area contributed by atoms with Crippen molar-refractivity contribution in [1.82, 2.24) is 20.9 Å². The molecule has 0 aliphatic heterocycles. The van der Waals surface area contributed by atoms with E-state index in [0.29, 0.717) is 11.3 Å². The monoisotopic (exact) mass is 523 g/mol. The minimum Gasteiger partial charge on any atom is -0.480 e. The zero-order valence-corrected chi connectivity index (χ0v) is 20.9. The lowest BCUT2D eigenvalue weighted by molar-refractivity contribution is -0.143. The van der Waals surface area contributed by atoms with E-state index in [1.54, 1.807) is 6.20 Å². The van der Waals surface area contributed by atoms with Gasteiger partial charge in [-0.2, -0.15) is 11.8 Å². The van der Waals surface area contributed by atoms with Crippen LogP contribution in [-0.2, 0) is 25.6 Å². The van der Waals surface area contributed by atoms with Crippen LogP contribution in [0, 0.1) is 0 Å². The number of rotatable bonds is 14. The number of aromatic amines is 1. The van der Waals surface area contributed by atoms with Gasteiger partial charge in [-0.05, 0) is 37.0 Å². The predicted molar refractivity (Wildman–Crippen MR) is 135 cm³/mol. The number of hydrogen-bond acceptors (Lipinski definition) is 8. The number of fused-ring (bicyclic) bond motifs is 1. The number of aliphatic hydroxyl groups excluding tert-OH is 2. The Morgan fingerprint density at radius 3 is 2.25 bits per heavy atom. The van der Waals surface area contributed by atoms with Gasteiger partial charge in [0.25, 0.3) is 0 Å². The Morgan fingerprint density at radius 2 is 1.64 bits per heavy atom. The number of H-pyrrole nitrogens is 1. The smallest absolute Gasteiger partial charge is 0.328 e. The number of aliphatic carboxylic acids is 1. The number of nitrogens with one attached hydrogen (secondary N) is 4. The lowest BCUT2D eigenvalue weighted by atomic mass is 10.0. The molecule has 0 spiro atoms. The minimum absolute atomic E-state index is 0.00966. The number of carbonyl (C=O) groups is 4. The summed E-state index contributed by atoms with van der Waals surface area (Å²) in [5.74, 6) is -3.14. The first-order chi connectivity index (χ1) is 17.1. The van der Waals surface area contributed by atoms with Gasteiger partial charge in [-0.3, -0.25) is 14.4 Å². The number of nitrogens with two attached hydrogens (primary N) is 1. The number of aliphatic hydroxyl groups is 2. The topological polar surface area (TPSA) is 207 Å². The number of para-hydroxylation sites is 1. The Kier molecular flexibility index (Phi) is 11.2. The third-order valence-corrected chi connectivity index (χ3v) is 6.24. The van der Waals surface area contributed by atoms with E-state index in [2.05, 4.69) is 20.9 Å². The van der Waals surface area contributed by atoms with E-state index in [-0.39, 0.29) is 12.8 Å². The molecule has 5 atom stereocenters. The van der Waals surface area contributed by atoms with Crippen molar-refractivity contribution in [2.75, 3.05) is 18.6 Å². The molecule has 1 aromatic heterocycles. The number of hydrogen-bond donors (Lipinski definition) is 8. The molecular weight excluding hydrogens is 490 g/mol. The van der Waals surface area contributed by atoms with Gasteiger partial charge in [0.1, 0.15) is 24.2 Å². The lowest BCUT2D eigenvalue weighted by Gasteiger charge is -2.25. The highest BCUT2D eigenvalue weighted by atomic mass is 32.2. The van der Waals surface area contributed by atoms with Gasteiger partial charge in [0.15, 0.2) is 0 Å². The molecule has 198 valence electrons. The largest absolute Gasteiger partial charge is 0.480 e. The second-order valence-electron chi connectivity index (χ2n) is 8.32. The van der Waals surface area contributed by atoms with E-state index in [1.165, 1.54) is 18.7 Å². The molecule has 1 heterocycles. The van der Waals surface area contributed by atoms with Gasteiger partial charge in [-0.1, -0.05) is 18.2 Å². The molecule has 0 aliphatic rings. The van der Waals surface area contributed by atoms with Crippen molar-refractivity contribution in [1.29, 1.82) is 0 Å². The van der Waals surface area contributed by atoms with E-state index in [0.717, 1.165) is 10.9 Å². The standard InChI is InChI=1S/C23H33N5O7S/c1-12(30)19(24)22(33)26-16(7-8-36-2)20(31)27-17(21(32)28-18(11-29)23(34)35)9-13-10-25-15-6-4-3-5-14(13)15/h3-6,10,12,16-19,25,29-30H,7-9,11,24H2,1-2H3,(H,26,33)(H,27,31)(H,28,32)(H,34,35). The molecule has 12 nitrogen and oxygen atoms in total. The maximum absolute atomic E-state index is 13.2. The van der Waals surface area contributed by atoms with Gasteiger partial charge in [0, 0.05) is 23.5 Å². The van der Waals surface area contributed by atoms with Gasteiger partial charge in [0.2, 0.25) is 17.7 Å². The summed E-state index contributed by atoms with van der Waals surface area (Å²) in [4.78, 5) is 53.0. The number of thioether (sulfide) groups is 1. The highest BCUT2D eigenvalue weighted by molar-refractivity contribution is 7.98. The quantitative estimate of drug-likeness (QED) is 0.148. The summed E-state index contributed by atoms with van der Waals surface area (Å²) in [5.41, 5.74) is 7.19. The third kappa shape index (κ3) is 7.95. The van der Waals surface area contributed by atoms with E-state index in [9.17, 15) is 34.5 Å². The Hall–Kier alpha value is -3.13. The molecule has 0 bridgehead atoms. The maximum atomic E-state index is 13.2. The van der Waals surface area contributed by atoms with Crippen LogP contribution in [0.1, 0.15) is 18.9 Å². The molecule has 36 heavy (non-hydrogen) atoms. The molecule has 2 rings (SSSR count). The summed E-state index contributed by atoms with van der Waals surface area (Å²) in [7, 11) is 0. The van der Waals surface area contributed by atoms with Crippen LogP contribution in [0.4, 0.5) is 0 Å². The first kappa shape index (κ1) is 29.1. The SMILES string of the molecule is CSCCC(NC(=O)C(N)C(C)O)C(=O)NC(Cc1c[nH]c2ccccc12)C(=O)NC(CO)C(=O)O. The van der Waals surface area contributed by atoms with E-state index in [1.807, 2.05) is 30.5 Å². The van der Waals surface area contributed by atoms with E-state index in [4.69, 9.17) is 5.73 Å². The molecule has 0 aliphatic carbocycles. The summed E-state index contributed by atoms with van der Waals surface area (Å²) in [6.07, 6.45) is 2.61. The van der Waals surface area contributed by atoms with Crippen molar-refractivity contribution in [3.8, 4) is 0 Å². The molecule has 2 aromatic rings. The number of carboxylic acid groups (broad SMARTS) is 1. The molecule has 0 saturated heterocycles. The van der Waals surface area contributed by atoms with Crippen LogP contribution in [0.25, 0.3) is 10.9 Å². The Bertz CT molecular complexity index is 1060. The Morgan fingerprint density at radius 1 is 1.03 bits per heavy atom. The highest BCUT2D eigenvalue weighted by Gasteiger charge is 2.31. The number of amides is 3. The van der Waals surface area contributed by atoms with Crippen LogP contribution >= 0.6 is 11.8 Å². The van der Waals surface area contributed by atoms with Gasteiger partial charge >= 0.3 is 5.97 Å². The summed E-state index contributed by atoms with van der Waals surface area (Å²) in [5, 5.41) is 36.3. The fraction of sp³-hybridized carbons (Fsp3) is 0.478.